The Balaban J connectivity index is 1.62. The number of amides is 2. The molecule has 3 heterocycles. The lowest BCUT2D eigenvalue weighted by Crippen LogP contribution is -2.46. The quantitative estimate of drug-likeness (QED) is 0.657. The molecule has 0 radical (unpaired) electrons. The van der Waals surface area contributed by atoms with Crippen molar-refractivity contribution in [1.82, 2.24) is 14.9 Å². The van der Waals surface area contributed by atoms with Crippen LogP contribution in [0.3, 0.4) is 0 Å². The van der Waals surface area contributed by atoms with Crippen LogP contribution in [0, 0.1) is 0 Å². The van der Waals surface area contributed by atoms with Gasteiger partial charge in [0.15, 0.2) is 0 Å². The van der Waals surface area contributed by atoms with E-state index >= 15 is 0 Å². The number of nitrogens with zero attached hydrogens (tertiary/aromatic N) is 3. The first-order chi connectivity index (χ1) is 11.1. The molecule has 1 aliphatic heterocycles. The van der Waals surface area contributed by atoms with Gasteiger partial charge in [-0.1, -0.05) is 11.6 Å². The monoisotopic (exact) mass is 352 g/mol. The number of halogens is 1. The van der Waals surface area contributed by atoms with E-state index in [9.17, 15) is 9.59 Å². The average molecular weight is 353 g/mol. The molecule has 120 valence electrons. The second-order valence-electron chi connectivity index (χ2n) is 4.80. The Kier molecular flexibility index (Phi) is 4.85. The predicted octanol–water partition coefficient (Wildman–Crippen LogP) is 1.73. The molecule has 1 N–H and O–H groups in total. The minimum Gasteiger partial charge on any atom is -0.367 e. The molecule has 3 rings (SSSR count). The van der Waals surface area contributed by atoms with Gasteiger partial charge in [-0.2, -0.15) is 0 Å². The van der Waals surface area contributed by atoms with E-state index in [-0.39, 0.29) is 6.10 Å². The third-order valence-electron chi connectivity index (χ3n) is 3.26. The van der Waals surface area contributed by atoms with Gasteiger partial charge in [0.2, 0.25) is 0 Å². The number of hydrogen-bond acceptors (Lipinski definition) is 6. The fourth-order valence-corrected chi connectivity index (χ4v) is 2.94. The van der Waals surface area contributed by atoms with E-state index in [2.05, 4.69) is 15.3 Å². The van der Waals surface area contributed by atoms with Crippen molar-refractivity contribution in [2.75, 3.05) is 25.0 Å². The third kappa shape index (κ3) is 3.84. The number of anilines is 1. The molecule has 7 nitrogen and oxygen atoms in total. The summed E-state index contributed by atoms with van der Waals surface area (Å²) in [5.41, 5.74) is 0.414. The molecular weight excluding hydrogens is 340 g/mol. The smallest absolute Gasteiger partial charge is 0.313 e. The second kappa shape index (κ2) is 7.03. The number of morpholine rings is 1. The van der Waals surface area contributed by atoms with E-state index in [0.717, 1.165) is 5.01 Å². The number of rotatable bonds is 2. The highest BCUT2D eigenvalue weighted by Gasteiger charge is 2.30. The highest BCUT2D eigenvalue weighted by atomic mass is 35.5. The van der Waals surface area contributed by atoms with Crippen molar-refractivity contribution in [3.8, 4) is 0 Å². The summed E-state index contributed by atoms with van der Waals surface area (Å²) in [5, 5.41) is 5.47. The Labute approximate surface area is 141 Å². The molecule has 0 saturated carbocycles. The highest BCUT2D eigenvalue weighted by Crippen LogP contribution is 2.24. The van der Waals surface area contributed by atoms with Crippen molar-refractivity contribution in [3.05, 3.63) is 40.1 Å². The van der Waals surface area contributed by atoms with Crippen LogP contribution >= 0.6 is 22.9 Å². The minimum absolute atomic E-state index is 0.294. The van der Waals surface area contributed by atoms with Gasteiger partial charge in [-0.05, 0) is 12.1 Å². The van der Waals surface area contributed by atoms with Crippen molar-refractivity contribution in [3.63, 3.8) is 0 Å². The van der Waals surface area contributed by atoms with E-state index in [4.69, 9.17) is 16.3 Å². The van der Waals surface area contributed by atoms with Crippen LogP contribution in [-0.2, 0) is 14.3 Å². The Hall–Kier alpha value is -2.03. The SMILES string of the molecule is O=C(Nc1ccc(Cl)nc1)C(=O)N1CCOC(c2nccs2)C1. The normalized spacial score (nSPS) is 17.8. The number of nitrogens with one attached hydrogen (secondary N) is 1. The van der Waals surface area contributed by atoms with E-state index in [1.165, 1.54) is 28.5 Å². The number of pyridine rings is 1. The molecule has 0 bridgehead atoms. The van der Waals surface area contributed by atoms with Gasteiger partial charge in [0.1, 0.15) is 16.3 Å². The van der Waals surface area contributed by atoms with Crippen molar-refractivity contribution >= 4 is 40.4 Å². The van der Waals surface area contributed by atoms with Crippen LogP contribution in [0.25, 0.3) is 0 Å². The number of aromatic nitrogens is 2. The van der Waals surface area contributed by atoms with Gasteiger partial charge in [0, 0.05) is 18.1 Å². The second-order valence-corrected chi connectivity index (χ2v) is 6.12. The fraction of sp³-hybridized carbons (Fsp3) is 0.286. The zero-order valence-electron chi connectivity index (χ0n) is 11.9. The Morgan fingerprint density at radius 3 is 2.96 bits per heavy atom. The van der Waals surface area contributed by atoms with Gasteiger partial charge in [-0.15, -0.1) is 11.3 Å². The molecule has 1 unspecified atom stereocenters. The van der Waals surface area contributed by atoms with E-state index in [1.54, 1.807) is 12.3 Å². The average Bonchev–Trinajstić information content (AvgIpc) is 3.11. The predicted molar refractivity (Wildman–Crippen MR) is 85.3 cm³/mol. The lowest BCUT2D eigenvalue weighted by molar-refractivity contribution is -0.148. The van der Waals surface area contributed by atoms with Gasteiger partial charge in [0.25, 0.3) is 0 Å². The number of hydrogen-bond donors (Lipinski definition) is 1. The topological polar surface area (TPSA) is 84.4 Å². The maximum atomic E-state index is 12.3. The summed E-state index contributed by atoms with van der Waals surface area (Å²) >= 11 is 7.14. The Morgan fingerprint density at radius 1 is 1.39 bits per heavy atom. The molecule has 2 aromatic rings. The third-order valence-corrected chi connectivity index (χ3v) is 4.35. The van der Waals surface area contributed by atoms with E-state index in [1.807, 2.05) is 5.38 Å². The summed E-state index contributed by atoms with van der Waals surface area (Å²) in [6, 6.07) is 3.12. The molecule has 1 fully saturated rings. The summed E-state index contributed by atoms with van der Waals surface area (Å²) in [5.74, 6) is -1.32. The summed E-state index contributed by atoms with van der Waals surface area (Å²) in [4.78, 5) is 33.9. The molecule has 23 heavy (non-hydrogen) atoms. The first-order valence-electron chi connectivity index (χ1n) is 6.86. The van der Waals surface area contributed by atoms with Crippen molar-refractivity contribution in [2.45, 2.75) is 6.10 Å². The van der Waals surface area contributed by atoms with Crippen LogP contribution in [-0.4, -0.2) is 46.4 Å². The maximum absolute atomic E-state index is 12.3. The lowest BCUT2D eigenvalue weighted by Gasteiger charge is -2.31. The van der Waals surface area contributed by atoms with Crippen molar-refractivity contribution < 1.29 is 14.3 Å². The molecule has 1 saturated heterocycles. The number of thiazole rings is 1. The van der Waals surface area contributed by atoms with Gasteiger partial charge >= 0.3 is 11.8 Å². The molecule has 1 aliphatic rings. The number of carbonyl (C=O) groups is 2. The Bertz CT molecular complexity index is 693. The maximum Gasteiger partial charge on any atom is 0.313 e. The molecule has 0 spiro atoms. The zero-order chi connectivity index (χ0) is 16.2. The summed E-state index contributed by atoms with van der Waals surface area (Å²) in [6.45, 7) is 1.04. The molecule has 0 aromatic carbocycles. The molecule has 2 aromatic heterocycles. The molecule has 9 heteroatoms. The highest BCUT2D eigenvalue weighted by molar-refractivity contribution is 7.09. The van der Waals surface area contributed by atoms with Crippen LogP contribution < -0.4 is 5.32 Å². The first kappa shape index (κ1) is 15.9. The lowest BCUT2D eigenvalue weighted by atomic mass is 10.2. The van der Waals surface area contributed by atoms with Crippen LogP contribution in [0.5, 0.6) is 0 Å². The minimum atomic E-state index is -0.714. The molecule has 2 amide bonds. The van der Waals surface area contributed by atoms with Crippen molar-refractivity contribution in [2.24, 2.45) is 0 Å². The Morgan fingerprint density at radius 2 is 2.26 bits per heavy atom. The van der Waals surface area contributed by atoms with Gasteiger partial charge in [-0.3, -0.25) is 9.59 Å². The summed E-state index contributed by atoms with van der Waals surface area (Å²) in [7, 11) is 0. The van der Waals surface area contributed by atoms with Crippen molar-refractivity contribution in [1.29, 1.82) is 0 Å². The van der Waals surface area contributed by atoms with Crippen LogP contribution in [0.1, 0.15) is 11.1 Å². The summed E-state index contributed by atoms with van der Waals surface area (Å²) in [6.07, 6.45) is 2.79. The van der Waals surface area contributed by atoms with Gasteiger partial charge in [-0.25, -0.2) is 9.97 Å². The zero-order valence-corrected chi connectivity index (χ0v) is 13.5. The molecule has 1 atom stereocenters. The van der Waals surface area contributed by atoms with Crippen LogP contribution in [0.15, 0.2) is 29.9 Å². The van der Waals surface area contributed by atoms with Gasteiger partial charge < -0.3 is 15.0 Å². The molecule has 0 aliphatic carbocycles. The van der Waals surface area contributed by atoms with E-state index in [0.29, 0.717) is 30.5 Å². The molecular formula is C14H13ClN4O3S. The summed E-state index contributed by atoms with van der Waals surface area (Å²) < 4.78 is 5.61. The fourth-order valence-electron chi connectivity index (χ4n) is 2.15. The van der Waals surface area contributed by atoms with E-state index < -0.39 is 11.8 Å². The largest absolute Gasteiger partial charge is 0.367 e. The van der Waals surface area contributed by atoms with Crippen LogP contribution in [0.2, 0.25) is 5.15 Å². The first-order valence-corrected chi connectivity index (χ1v) is 8.12. The standard InChI is InChI=1S/C14H13ClN4O3S/c15-11-2-1-9(7-17-11)18-12(20)14(21)19-4-5-22-10(8-19)13-16-3-6-23-13/h1-3,6-7,10H,4-5,8H2,(H,18,20). The number of carbonyl (C=O) groups excluding carboxylic acids is 2. The van der Waals surface area contributed by atoms with Gasteiger partial charge in [0.05, 0.1) is 25.0 Å². The number of ether oxygens (including phenoxy) is 1. The van der Waals surface area contributed by atoms with Crippen LogP contribution in [0.4, 0.5) is 5.69 Å².